The molecule has 1 N–H and O–H groups in total. The van der Waals surface area contributed by atoms with Gasteiger partial charge >= 0.3 is 0 Å². The predicted molar refractivity (Wildman–Crippen MR) is 68.5 cm³/mol. The van der Waals surface area contributed by atoms with Crippen molar-refractivity contribution in [2.75, 3.05) is 39.3 Å². The minimum absolute atomic E-state index is 0.201. The zero-order valence-electron chi connectivity index (χ0n) is 10.7. The zero-order valence-corrected chi connectivity index (χ0v) is 11.5. The molecule has 0 amide bonds. The molecule has 0 bridgehead atoms. The summed E-state index contributed by atoms with van der Waals surface area (Å²) < 4.78 is 26.3. The molecule has 0 spiro atoms. The van der Waals surface area contributed by atoms with Crippen molar-refractivity contribution in [1.82, 2.24) is 14.5 Å². The van der Waals surface area contributed by atoms with Crippen LogP contribution in [0.4, 0.5) is 0 Å². The van der Waals surface area contributed by atoms with E-state index in [1.54, 1.807) is 4.31 Å². The first-order chi connectivity index (χ1) is 8.01. The summed E-state index contributed by atoms with van der Waals surface area (Å²) in [5.74, 6) is 0. The molecule has 2 aliphatic heterocycles. The lowest BCUT2D eigenvalue weighted by atomic mass is 10.3. The van der Waals surface area contributed by atoms with E-state index in [1.165, 1.54) is 0 Å². The van der Waals surface area contributed by atoms with E-state index < -0.39 is 10.0 Å². The van der Waals surface area contributed by atoms with Crippen LogP contribution in [-0.4, -0.2) is 68.2 Å². The molecule has 0 saturated carbocycles. The van der Waals surface area contributed by atoms with Crippen molar-refractivity contribution in [2.45, 2.75) is 31.6 Å². The smallest absolute Gasteiger partial charge is 0.218 e. The largest absolute Gasteiger partial charge is 0.315 e. The minimum Gasteiger partial charge on any atom is -0.315 e. The second-order valence-electron chi connectivity index (χ2n) is 5.19. The third-order valence-electron chi connectivity index (χ3n) is 3.80. The average Bonchev–Trinajstić information content (AvgIpc) is 2.83. The van der Waals surface area contributed by atoms with E-state index in [2.05, 4.69) is 24.1 Å². The Labute approximate surface area is 104 Å². The Morgan fingerprint density at radius 3 is 2.29 bits per heavy atom. The Morgan fingerprint density at radius 2 is 1.82 bits per heavy atom. The maximum Gasteiger partial charge on any atom is 0.218 e. The molecule has 0 aromatic heterocycles. The molecule has 1 unspecified atom stereocenters. The molecule has 17 heavy (non-hydrogen) atoms. The predicted octanol–water partition coefficient (Wildman–Crippen LogP) is -0.296. The van der Waals surface area contributed by atoms with E-state index in [0.29, 0.717) is 25.7 Å². The van der Waals surface area contributed by atoms with Crippen molar-refractivity contribution in [3.8, 4) is 0 Å². The van der Waals surface area contributed by atoms with Crippen LogP contribution in [0.1, 0.15) is 20.3 Å². The molecule has 2 heterocycles. The van der Waals surface area contributed by atoms with Crippen LogP contribution in [0.5, 0.6) is 0 Å². The molecule has 6 heteroatoms. The maximum atomic E-state index is 12.3. The second-order valence-corrected chi connectivity index (χ2v) is 7.40. The molecule has 2 rings (SSSR count). The Hall–Kier alpha value is -0.170. The SMILES string of the molecule is CC(C)N1CCN(S(=O)(=O)C2CCNC2)CC1. The molecule has 2 aliphatic rings. The van der Waals surface area contributed by atoms with Gasteiger partial charge in [0.05, 0.1) is 5.25 Å². The Kier molecular flexibility index (Phi) is 4.07. The van der Waals surface area contributed by atoms with Gasteiger partial charge in [0, 0.05) is 38.8 Å². The van der Waals surface area contributed by atoms with Crippen molar-refractivity contribution in [1.29, 1.82) is 0 Å². The molecule has 0 aromatic carbocycles. The molecule has 100 valence electrons. The molecule has 0 aromatic rings. The number of hydrogen-bond acceptors (Lipinski definition) is 4. The Balaban J connectivity index is 1.95. The van der Waals surface area contributed by atoms with Gasteiger partial charge in [-0.05, 0) is 26.8 Å². The van der Waals surface area contributed by atoms with E-state index >= 15 is 0 Å². The molecule has 0 aliphatic carbocycles. The third kappa shape index (κ3) is 2.81. The van der Waals surface area contributed by atoms with Gasteiger partial charge in [0.2, 0.25) is 10.0 Å². The van der Waals surface area contributed by atoms with Crippen LogP contribution in [0.15, 0.2) is 0 Å². The maximum absolute atomic E-state index is 12.3. The molecule has 2 saturated heterocycles. The van der Waals surface area contributed by atoms with E-state index in [4.69, 9.17) is 0 Å². The van der Waals surface area contributed by atoms with Crippen LogP contribution in [-0.2, 0) is 10.0 Å². The van der Waals surface area contributed by atoms with Crippen LogP contribution < -0.4 is 5.32 Å². The van der Waals surface area contributed by atoms with Crippen molar-refractivity contribution in [3.05, 3.63) is 0 Å². The number of hydrogen-bond donors (Lipinski definition) is 1. The average molecular weight is 261 g/mol. The number of rotatable bonds is 3. The molecular weight excluding hydrogens is 238 g/mol. The quantitative estimate of drug-likeness (QED) is 0.758. The van der Waals surface area contributed by atoms with Gasteiger partial charge < -0.3 is 5.32 Å². The normalized spacial score (nSPS) is 29.0. The lowest BCUT2D eigenvalue weighted by molar-refractivity contribution is 0.153. The summed E-state index contributed by atoms with van der Waals surface area (Å²) in [5.41, 5.74) is 0. The standard InChI is InChI=1S/C11H23N3O2S/c1-10(2)13-5-7-14(8-6-13)17(15,16)11-3-4-12-9-11/h10-12H,3-9H2,1-2H3. The number of nitrogens with zero attached hydrogens (tertiary/aromatic N) is 2. The lowest BCUT2D eigenvalue weighted by Crippen LogP contribution is -2.52. The second kappa shape index (κ2) is 5.22. The first-order valence-electron chi connectivity index (χ1n) is 6.45. The van der Waals surface area contributed by atoms with Crippen LogP contribution in [0.3, 0.4) is 0 Å². The van der Waals surface area contributed by atoms with Gasteiger partial charge in [-0.1, -0.05) is 0 Å². The summed E-state index contributed by atoms with van der Waals surface area (Å²) in [7, 11) is -3.07. The van der Waals surface area contributed by atoms with Gasteiger partial charge in [-0.15, -0.1) is 0 Å². The summed E-state index contributed by atoms with van der Waals surface area (Å²) in [6, 6.07) is 0.507. The van der Waals surface area contributed by atoms with E-state index in [-0.39, 0.29) is 5.25 Å². The highest BCUT2D eigenvalue weighted by atomic mass is 32.2. The Bertz CT molecular complexity index is 342. The number of piperazine rings is 1. The zero-order chi connectivity index (χ0) is 12.5. The van der Waals surface area contributed by atoms with Crippen LogP contribution >= 0.6 is 0 Å². The van der Waals surface area contributed by atoms with Gasteiger partial charge in [-0.2, -0.15) is 4.31 Å². The number of nitrogens with one attached hydrogen (secondary N) is 1. The first-order valence-corrected chi connectivity index (χ1v) is 7.96. The van der Waals surface area contributed by atoms with Crippen molar-refractivity contribution >= 4 is 10.0 Å². The minimum atomic E-state index is -3.07. The van der Waals surface area contributed by atoms with Gasteiger partial charge in [-0.25, -0.2) is 8.42 Å². The third-order valence-corrected chi connectivity index (χ3v) is 6.13. The van der Waals surface area contributed by atoms with Gasteiger partial charge in [0.15, 0.2) is 0 Å². The molecule has 0 radical (unpaired) electrons. The van der Waals surface area contributed by atoms with Crippen molar-refractivity contribution in [2.24, 2.45) is 0 Å². The summed E-state index contributed by atoms with van der Waals surface area (Å²) in [4.78, 5) is 2.33. The first kappa shape index (κ1) is 13.3. The molecule has 2 fully saturated rings. The molecule has 5 nitrogen and oxygen atoms in total. The fourth-order valence-electron chi connectivity index (χ4n) is 2.57. The van der Waals surface area contributed by atoms with Crippen molar-refractivity contribution < 1.29 is 8.42 Å². The summed E-state index contributed by atoms with van der Waals surface area (Å²) >= 11 is 0. The van der Waals surface area contributed by atoms with Gasteiger partial charge in [0.1, 0.15) is 0 Å². The number of sulfonamides is 1. The van der Waals surface area contributed by atoms with E-state index in [0.717, 1.165) is 26.1 Å². The Morgan fingerprint density at radius 1 is 1.18 bits per heavy atom. The molecule has 1 atom stereocenters. The van der Waals surface area contributed by atoms with E-state index in [1.807, 2.05) is 0 Å². The highest BCUT2D eigenvalue weighted by molar-refractivity contribution is 7.89. The summed E-state index contributed by atoms with van der Waals surface area (Å²) in [6.07, 6.45) is 0.757. The monoisotopic (exact) mass is 261 g/mol. The van der Waals surface area contributed by atoms with Gasteiger partial charge in [0.25, 0.3) is 0 Å². The lowest BCUT2D eigenvalue weighted by Gasteiger charge is -2.37. The van der Waals surface area contributed by atoms with Gasteiger partial charge in [-0.3, -0.25) is 4.90 Å². The topological polar surface area (TPSA) is 52.7 Å². The fraction of sp³-hybridized carbons (Fsp3) is 1.00. The van der Waals surface area contributed by atoms with Crippen LogP contribution in [0, 0.1) is 0 Å². The summed E-state index contributed by atoms with van der Waals surface area (Å²) in [6.45, 7) is 8.78. The van der Waals surface area contributed by atoms with Crippen LogP contribution in [0.2, 0.25) is 0 Å². The highest BCUT2D eigenvalue weighted by Crippen LogP contribution is 2.17. The van der Waals surface area contributed by atoms with Crippen LogP contribution in [0.25, 0.3) is 0 Å². The van der Waals surface area contributed by atoms with E-state index in [9.17, 15) is 8.42 Å². The molecular formula is C11H23N3O2S. The fourth-order valence-corrected chi connectivity index (χ4v) is 4.41. The summed E-state index contributed by atoms with van der Waals surface area (Å²) in [5, 5.41) is 2.93. The van der Waals surface area contributed by atoms with Crippen molar-refractivity contribution in [3.63, 3.8) is 0 Å². The highest BCUT2D eigenvalue weighted by Gasteiger charge is 2.35.